The van der Waals surface area contributed by atoms with Gasteiger partial charge in [0.05, 0.1) is 20.8 Å². The molecule has 14 heavy (non-hydrogen) atoms. The number of hydrogen-bond acceptors (Lipinski definition) is 4. The molecule has 1 unspecified atom stereocenters. The third-order valence-electron chi connectivity index (χ3n) is 2.29. The van der Waals surface area contributed by atoms with Gasteiger partial charge in [0.2, 0.25) is 0 Å². The van der Waals surface area contributed by atoms with Gasteiger partial charge < -0.3 is 19.9 Å². The zero-order chi connectivity index (χ0) is 10.6. The molecule has 4 nitrogen and oxygen atoms in total. The van der Waals surface area contributed by atoms with Crippen LogP contribution in [0.15, 0.2) is 23.7 Å². The average Bonchev–Trinajstić information content (AvgIpc) is 2.19. The van der Waals surface area contributed by atoms with E-state index in [1.165, 1.54) is 0 Å². The minimum absolute atomic E-state index is 0.431. The quantitative estimate of drug-likeness (QED) is 0.727. The summed E-state index contributed by atoms with van der Waals surface area (Å²) >= 11 is 0. The van der Waals surface area contributed by atoms with Gasteiger partial charge in [-0.2, -0.15) is 0 Å². The molecule has 0 amide bonds. The van der Waals surface area contributed by atoms with Crippen molar-refractivity contribution < 1.29 is 14.2 Å². The molecule has 0 spiro atoms. The lowest BCUT2D eigenvalue weighted by Crippen LogP contribution is -2.47. The Kier molecular flexibility index (Phi) is 3.55. The highest BCUT2D eigenvalue weighted by molar-refractivity contribution is 5.30. The summed E-state index contributed by atoms with van der Waals surface area (Å²) in [6.45, 7) is 0.431. The van der Waals surface area contributed by atoms with Gasteiger partial charge in [0, 0.05) is 13.2 Å². The van der Waals surface area contributed by atoms with Crippen LogP contribution in [0.25, 0.3) is 0 Å². The molecule has 1 aliphatic carbocycles. The predicted molar refractivity (Wildman–Crippen MR) is 53.6 cm³/mol. The molecule has 4 heteroatoms. The fraction of sp³-hybridized carbons (Fsp3) is 0.600. The largest absolute Gasteiger partial charge is 0.499 e. The SMILES string of the molecule is COCC1(N)CC=C(OC)C=C1OC. The van der Waals surface area contributed by atoms with Gasteiger partial charge in [-0.1, -0.05) is 0 Å². The highest BCUT2D eigenvalue weighted by Crippen LogP contribution is 2.27. The van der Waals surface area contributed by atoms with Crippen molar-refractivity contribution in [2.75, 3.05) is 27.9 Å². The molecule has 0 aliphatic heterocycles. The van der Waals surface area contributed by atoms with Crippen molar-refractivity contribution in [2.45, 2.75) is 12.0 Å². The maximum absolute atomic E-state index is 6.12. The monoisotopic (exact) mass is 199 g/mol. The van der Waals surface area contributed by atoms with Crippen LogP contribution in [-0.2, 0) is 14.2 Å². The van der Waals surface area contributed by atoms with E-state index in [-0.39, 0.29) is 0 Å². The van der Waals surface area contributed by atoms with Gasteiger partial charge in [0.15, 0.2) is 0 Å². The molecule has 0 saturated carbocycles. The van der Waals surface area contributed by atoms with Crippen LogP contribution in [0, 0.1) is 0 Å². The van der Waals surface area contributed by atoms with Crippen molar-refractivity contribution in [1.29, 1.82) is 0 Å². The van der Waals surface area contributed by atoms with Gasteiger partial charge in [-0.15, -0.1) is 0 Å². The number of ether oxygens (including phenoxy) is 3. The molecule has 80 valence electrons. The maximum Gasteiger partial charge on any atom is 0.122 e. The lowest BCUT2D eigenvalue weighted by molar-refractivity contribution is 0.107. The van der Waals surface area contributed by atoms with Crippen LogP contribution < -0.4 is 5.73 Å². The summed E-state index contributed by atoms with van der Waals surface area (Å²) in [5.41, 5.74) is 5.56. The van der Waals surface area contributed by atoms with Crippen LogP contribution >= 0.6 is 0 Å². The van der Waals surface area contributed by atoms with Crippen molar-refractivity contribution in [3.05, 3.63) is 23.7 Å². The van der Waals surface area contributed by atoms with Crippen LogP contribution in [0.5, 0.6) is 0 Å². The molecule has 2 N–H and O–H groups in total. The summed E-state index contributed by atoms with van der Waals surface area (Å²) in [6.07, 6.45) is 4.38. The minimum Gasteiger partial charge on any atom is -0.499 e. The fourth-order valence-corrected chi connectivity index (χ4v) is 1.51. The Hall–Kier alpha value is -1.00. The minimum atomic E-state index is -0.564. The molecule has 0 aromatic rings. The summed E-state index contributed by atoms with van der Waals surface area (Å²) < 4.78 is 15.4. The first kappa shape index (κ1) is 11.1. The highest BCUT2D eigenvalue weighted by Gasteiger charge is 2.33. The lowest BCUT2D eigenvalue weighted by Gasteiger charge is -2.31. The summed E-state index contributed by atoms with van der Waals surface area (Å²) in [4.78, 5) is 0. The van der Waals surface area contributed by atoms with Gasteiger partial charge in [-0.05, 0) is 12.5 Å². The van der Waals surface area contributed by atoms with E-state index in [9.17, 15) is 0 Å². The van der Waals surface area contributed by atoms with Crippen LogP contribution in [-0.4, -0.2) is 33.5 Å². The summed E-state index contributed by atoms with van der Waals surface area (Å²) in [5.74, 6) is 1.47. The molecule has 0 saturated heterocycles. The molecular weight excluding hydrogens is 182 g/mol. The van der Waals surface area contributed by atoms with Crippen LogP contribution in [0.2, 0.25) is 0 Å². The van der Waals surface area contributed by atoms with Crippen molar-refractivity contribution >= 4 is 0 Å². The first-order valence-corrected chi connectivity index (χ1v) is 4.44. The van der Waals surface area contributed by atoms with Gasteiger partial charge in [-0.25, -0.2) is 0 Å². The first-order valence-electron chi connectivity index (χ1n) is 4.44. The molecule has 1 aliphatic rings. The van der Waals surface area contributed by atoms with E-state index in [4.69, 9.17) is 19.9 Å². The molecular formula is C10H17NO3. The van der Waals surface area contributed by atoms with E-state index in [0.29, 0.717) is 18.8 Å². The smallest absolute Gasteiger partial charge is 0.122 e. The van der Waals surface area contributed by atoms with Gasteiger partial charge in [-0.3, -0.25) is 0 Å². The predicted octanol–water partition coefficient (Wildman–Crippen LogP) is 0.795. The van der Waals surface area contributed by atoms with Crippen LogP contribution in [0.3, 0.4) is 0 Å². The summed E-state index contributed by atoms with van der Waals surface area (Å²) in [5, 5.41) is 0. The van der Waals surface area contributed by atoms with E-state index in [2.05, 4.69) is 0 Å². The number of methoxy groups -OCH3 is 3. The van der Waals surface area contributed by atoms with Crippen molar-refractivity contribution in [1.82, 2.24) is 0 Å². The van der Waals surface area contributed by atoms with E-state index < -0.39 is 5.54 Å². The Morgan fingerprint density at radius 2 is 2.07 bits per heavy atom. The topological polar surface area (TPSA) is 53.7 Å². The zero-order valence-electron chi connectivity index (χ0n) is 8.87. The molecule has 1 atom stereocenters. The lowest BCUT2D eigenvalue weighted by atomic mass is 9.90. The molecule has 0 radical (unpaired) electrons. The third-order valence-corrected chi connectivity index (χ3v) is 2.29. The summed E-state index contributed by atoms with van der Waals surface area (Å²) in [6, 6.07) is 0. The van der Waals surface area contributed by atoms with Gasteiger partial charge in [0.25, 0.3) is 0 Å². The van der Waals surface area contributed by atoms with Gasteiger partial charge in [0.1, 0.15) is 17.1 Å². The molecule has 0 aromatic carbocycles. The number of nitrogens with two attached hydrogens (primary N) is 1. The third kappa shape index (κ3) is 2.08. The first-order chi connectivity index (χ1) is 6.66. The number of rotatable bonds is 4. The van der Waals surface area contributed by atoms with Crippen LogP contribution in [0.4, 0.5) is 0 Å². The molecule has 0 aromatic heterocycles. The van der Waals surface area contributed by atoms with E-state index in [0.717, 1.165) is 5.76 Å². The van der Waals surface area contributed by atoms with E-state index in [1.807, 2.05) is 6.08 Å². The Labute approximate surface area is 84.3 Å². The number of allylic oxidation sites excluding steroid dienone is 1. The Morgan fingerprint density at radius 1 is 1.36 bits per heavy atom. The maximum atomic E-state index is 6.12. The molecule has 0 heterocycles. The summed E-state index contributed by atoms with van der Waals surface area (Å²) in [7, 11) is 4.84. The Morgan fingerprint density at radius 3 is 2.57 bits per heavy atom. The van der Waals surface area contributed by atoms with Crippen molar-refractivity contribution in [3.63, 3.8) is 0 Å². The van der Waals surface area contributed by atoms with Crippen molar-refractivity contribution in [3.8, 4) is 0 Å². The second kappa shape index (κ2) is 4.48. The fourth-order valence-electron chi connectivity index (χ4n) is 1.51. The van der Waals surface area contributed by atoms with Crippen LogP contribution in [0.1, 0.15) is 6.42 Å². The standard InChI is InChI=1S/C10H17NO3/c1-12-7-10(11)5-4-8(13-2)6-9(10)14-3/h4,6H,5,7,11H2,1-3H3. The zero-order valence-corrected chi connectivity index (χ0v) is 8.87. The molecule has 1 rings (SSSR count). The average molecular weight is 199 g/mol. The van der Waals surface area contributed by atoms with Gasteiger partial charge >= 0.3 is 0 Å². The normalized spacial score (nSPS) is 26.6. The second-order valence-corrected chi connectivity index (χ2v) is 3.32. The molecule has 0 bridgehead atoms. The van der Waals surface area contributed by atoms with E-state index >= 15 is 0 Å². The molecule has 0 fully saturated rings. The number of hydrogen-bond donors (Lipinski definition) is 1. The Balaban J connectivity index is 2.85. The highest BCUT2D eigenvalue weighted by atomic mass is 16.5. The Bertz CT molecular complexity index is 260. The second-order valence-electron chi connectivity index (χ2n) is 3.32. The van der Waals surface area contributed by atoms with Crippen molar-refractivity contribution in [2.24, 2.45) is 5.73 Å². The van der Waals surface area contributed by atoms with E-state index in [1.54, 1.807) is 27.4 Å².